The molecule has 4 nitrogen and oxygen atoms in total. The van der Waals surface area contributed by atoms with Crippen molar-refractivity contribution in [3.63, 3.8) is 0 Å². The minimum absolute atomic E-state index is 0. The molecule has 14 aromatic carbocycles. The molecule has 18 aromatic rings. The van der Waals surface area contributed by atoms with E-state index in [1.165, 1.54) is 165 Å². The summed E-state index contributed by atoms with van der Waals surface area (Å²) in [7, 11) is 0. The Morgan fingerprint density at radius 3 is 0.878 bits per heavy atom. The van der Waals surface area contributed by atoms with Gasteiger partial charge in [-0.1, -0.05) is 218 Å². The van der Waals surface area contributed by atoms with Crippen LogP contribution in [0.15, 0.2) is 315 Å². The van der Waals surface area contributed by atoms with Crippen molar-refractivity contribution < 1.29 is 37.1 Å². The molecule has 424 valence electrons. The number of aromatic nitrogens is 4. The van der Waals surface area contributed by atoms with Gasteiger partial charge in [0, 0.05) is 103 Å². The summed E-state index contributed by atoms with van der Waals surface area (Å²) < 4.78 is 9.50. The third-order valence-electron chi connectivity index (χ3n) is 18.2. The van der Waals surface area contributed by atoms with E-state index < -0.39 is 0 Å². The van der Waals surface area contributed by atoms with E-state index in [1.54, 1.807) is 0 Å². The van der Waals surface area contributed by atoms with Gasteiger partial charge >= 0.3 is 0 Å². The monoisotopic (exact) mass is 1220 g/mol. The Bertz CT molecular complexity index is 5600. The number of hydrogen-bond acceptors (Lipinski definition) is 0. The van der Waals surface area contributed by atoms with E-state index in [0.29, 0.717) is 0 Å². The molecule has 0 atom stereocenters. The third-order valence-corrected chi connectivity index (χ3v) is 18.2. The summed E-state index contributed by atoms with van der Waals surface area (Å²) in [5, 5.41) is 12.8. The van der Waals surface area contributed by atoms with E-state index in [-0.39, 0.29) is 37.1 Å². The molecule has 0 saturated heterocycles. The first-order chi connectivity index (χ1) is 43.5. The first-order valence-electron chi connectivity index (χ1n) is 30.4. The molecular weight excluding hydrogens is 1170 g/mol. The second-order valence-corrected chi connectivity index (χ2v) is 23.4. The Hall–Kier alpha value is -10.3. The summed E-state index contributed by atoms with van der Waals surface area (Å²) in [5.74, 6) is 0. The molecule has 0 spiro atoms. The van der Waals surface area contributed by atoms with Crippen LogP contribution >= 0.6 is 0 Å². The smallest absolute Gasteiger partial charge is 0.0541 e. The van der Waals surface area contributed by atoms with Crippen molar-refractivity contribution >= 4 is 98.0 Å². The molecule has 90 heavy (non-hydrogen) atoms. The Balaban J connectivity index is 0.000000151. The van der Waals surface area contributed by atoms with Crippen molar-refractivity contribution in [1.29, 1.82) is 0 Å². The van der Waals surface area contributed by atoms with Crippen molar-refractivity contribution in [2.24, 2.45) is 0 Å². The van der Waals surface area contributed by atoms with Crippen LogP contribution < -0.4 is 0 Å². The molecule has 0 amide bonds. The quantitative estimate of drug-likeness (QED) is 0.152. The maximum Gasteiger partial charge on any atom is 0.0541 e. The van der Waals surface area contributed by atoms with Crippen LogP contribution in [0.5, 0.6) is 0 Å². The normalized spacial score (nSPS) is 11.5. The fraction of sp³-hybridized carbons (Fsp3) is 0.0238. The van der Waals surface area contributed by atoms with Gasteiger partial charge in [0.05, 0.1) is 44.1 Å². The predicted molar refractivity (Wildman–Crippen MR) is 374 cm³/mol. The number of fused-ring (bicyclic) bond motifs is 13. The molecule has 0 saturated carbocycles. The zero-order valence-electron chi connectivity index (χ0n) is 49.7. The summed E-state index contributed by atoms with van der Waals surface area (Å²) in [4.78, 5) is 0. The number of aryl methyl sites for hydroxylation is 2. The first-order valence-corrected chi connectivity index (χ1v) is 30.4. The van der Waals surface area contributed by atoms with Gasteiger partial charge < -0.3 is 18.3 Å². The van der Waals surface area contributed by atoms with E-state index in [1.807, 2.05) is 0 Å². The van der Waals surface area contributed by atoms with Gasteiger partial charge in [-0.15, -0.1) is 0 Å². The van der Waals surface area contributed by atoms with Crippen LogP contribution in [0.25, 0.3) is 154 Å². The van der Waals surface area contributed by atoms with Crippen molar-refractivity contribution in [3.8, 4) is 56.1 Å². The molecule has 0 aliphatic rings. The molecule has 4 aromatic heterocycles. The zero-order chi connectivity index (χ0) is 58.4. The molecule has 4 heterocycles. The van der Waals surface area contributed by atoms with Crippen LogP contribution in [0.1, 0.15) is 11.1 Å². The molecule has 6 heteroatoms. The van der Waals surface area contributed by atoms with Gasteiger partial charge in [-0.05, 0) is 167 Å². The van der Waals surface area contributed by atoms with E-state index in [9.17, 15) is 0 Å². The zero-order valence-corrected chi connectivity index (χ0v) is 52.5. The molecule has 0 N–H and O–H groups in total. The largest absolute Gasteiger partial charge is 0.309 e. The molecule has 2 radical (unpaired) electrons. The number of rotatable bonds is 7. The fourth-order valence-corrected chi connectivity index (χ4v) is 14.1. The van der Waals surface area contributed by atoms with Crippen molar-refractivity contribution in [2.45, 2.75) is 13.8 Å². The van der Waals surface area contributed by atoms with Crippen LogP contribution in [-0.4, -0.2) is 18.3 Å². The summed E-state index contributed by atoms with van der Waals surface area (Å²) >= 11 is 0. The topological polar surface area (TPSA) is 19.7 Å². The van der Waals surface area contributed by atoms with Crippen LogP contribution in [0.3, 0.4) is 0 Å². The van der Waals surface area contributed by atoms with Gasteiger partial charge in [0.1, 0.15) is 0 Å². The standard InChI is InChI=1S/C47H32N2.C37H26N2.2V/c1-31-18-27-38-36(32-19-23-34(24-20-32)48-44-14-6-2-10-39(44)40-11-3-7-15-45(40)48)28-29-37(43(38)30-31)33-21-25-35(26-22-33)49-46-16-8-4-12-41(46)42-13-5-9-17-47(42)49;1-25-9-8-10-29(23-25)39-36-16-7-4-13-32(36)33-24-27(19-22-37(33)39)26-17-20-28(21-18-26)38-34-14-5-2-11-30(34)31-12-3-6-15-35(31)38;;/h2-30H,1H3;2-24H,1H3;;. The molecule has 0 bridgehead atoms. The van der Waals surface area contributed by atoms with E-state index in [4.69, 9.17) is 0 Å². The van der Waals surface area contributed by atoms with Gasteiger partial charge in [-0.25, -0.2) is 0 Å². The first kappa shape index (κ1) is 56.2. The van der Waals surface area contributed by atoms with E-state index in [0.717, 1.165) is 0 Å². The number of benzene rings is 14. The molecule has 18 rings (SSSR count). The van der Waals surface area contributed by atoms with Gasteiger partial charge in [0.25, 0.3) is 0 Å². The van der Waals surface area contributed by atoms with Crippen LogP contribution in [0.2, 0.25) is 0 Å². The maximum absolute atomic E-state index is 2.38. The Labute approximate surface area is 545 Å². The van der Waals surface area contributed by atoms with E-state index >= 15 is 0 Å². The second-order valence-electron chi connectivity index (χ2n) is 23.4. The summed E-state index contributed by atoms with van der Waals surface area (Å²) in [6.45, 7) is 4.33. The molecule has 0 fully saturated rings. The number of nitrogens with zero attached hydrogens (tertiary/aromatic N) is 4. The van der Waals surface area contributed by atoms with Gasteiger partial charge in [0.2, 0.25) is 0 Å². The fourth-order valence-electron chi connectivity index (χ4n) is 14.1. The summed E-state index contributed by atoms with van der Waals surface area (Å²) in [6.07, 6.45) is 0. The van der Waals surface area contributed by atoms with Crippen LogP contribution in [0.4, 0.5) is 0 Å². The minimum Gasteiger partial charge on any atom is -0.309 e. The molecule has 0 unspecified atom stereocenters. The number of para-hydroxylation sites is 7. The van der Waals surface area contributed by atoms with Gasteiger partial charge in [0.15, 0.2) is 0 Å². The minimum atomic E-state index is 0. The molecule has 0 aliphatic heterocycles. The van der Waals surface area contributed by atoms with Crippen molar-refractivity contribution in [3.05, 3.63) is 327 Å². The number of hydrogen-bond donors (Lipinski definition) is 0. The van der Waals surface area contributed by atoms with Crippen molar-refractivity contribution in [2.75, 3.05) is 0 Å². The van der Waals surface area contributed by atoms with Gasteiger partial charge in [-0.2, -0.15) is 0 Å². The Kier molecular flexibility index (Phi) is 14.4. The van der Waals surface area contributed by atoms with Gasteiger partial charge in [-0.3, -0.25) is 0 Å². The SMILES string of the molecule is Cc1ccc2c(-c3ccc(-n4c5ccccc5c5ccccc54)cc3)ccc(-c3ccc(-n4c5ccccc5c5ccccc54)cc3)c2c1.Cc1cccc(-n2c3ccccc3c3cc(-c4ccc(-n5c6ccccc6c6ccccc65)cc4)ccc32)c1.[V].[V]. The predicted octanol–water partition coefficient (Wildman–Crippen LogP) is 22.5. The Morgan fingerprint density at radius 2 is 0.489 bits per heavy atom. The van der Waals surface area contributed by atoms with Crippen LogP contribution in [-0.2, 0) is 37.1 Å². The van der Waals surface area contributed by atoms with Crippen molar-refractivity contribution in [1.82, 2.24) is 18.3 Å². The summed E-state index contributed by atoms with van der Waals surface area (Å²) in [6, 6.07) is 115. The maximum atomic E-state index is 2.38. The van der Waals surface area contributed by atoms with E-state index in [2.05, 4.69) is 348 Å². The molecule has 0 aliphatic carbocycles. The Morgan fingerprint density at radius 1 is 0.178 bits per heavy atom. The average molecular weight is 1230 g/mol. The third kappa shape index (κ3) is 9.30. The average Bonchev–Trinajstić information content (AvgIpc) is 1.76. The second kappa shape index (κ2) is 23.0. The molecular formula is C84H58N4V2. The summed E-state index contributed by atoms with van der Waals surface area (Å²) in [5.41, 5.74) is 24.4. The van der Waals surface area contributed by atoms with Crippen LogP contribution in [0, 0.1) is 13.8 Å².